The van der Waals surface area contributed by atoms with Gasteiger partial charge in [0.05, 0.1) is 0 Å². The number of nitrogens with two attached hydrogens (primary N) is 1. The summed E-state index contributed by atoms with van der Waals surface area (Å²) in [4.78, 5) is 3.27. The van der Waals surface area contributed by atoms with Crippen molar-refractivity contribution in [2.24, 2.45) is 11.1 Å². The molecule has 0 saturated carbocycles. The Bertz CT molecular complexity index is 1160. The maximum absolute atomic E-state index is 5.84. The summed E-state index contributed by atoms with van der Waals surface area (Å²) >= 11 is 2.81. The molecule has 3 N–H and O–H groups in total. The molecule has 0 bridgehead atoms. The molecule has 0 unspecified atom stereocenters. The standard InChI is InChI=1S/C78H161IN4/c1-9-13-17-21-25-29-33-37-41-45-49-53-57-61-68-78(69-62-58-54-50-46-42-38-34-30-26-22-18-14-10-2,76(5,6)77(7,8)83(79)75-66-63-71-81-72-67-70-80)82(73-64-59-55-51-47-43-39-35-31-27-23-19-15-11-3)74-65-60-56-52-48-44-40-36-32-28-24-20-16-12-4/h81H,9-75,80H2,1-8H3. The first-order chi connectivity index (χ1) is 40.6. The largest absolute Gasteiger partial charge is 0.330 e. The van der Waals surface area contributed by atoms with Gasteiger partial charge in [0.15, 0.2) is 0 Å². The van der Waals surface area contributed by atoms with Crippen LogP contribution in [0.2, 0.25) is 0 Å². The molecular weight excluding hydrogens is 1120 g/mol. The molecule has 0 rings (SSSR count). The van der Waals surface area contributed by atoms with Crippen molar-refractivity contribution in [3.05, 3.63) is 0 Å². The van der Waals surface area contributed by atoms with Crippen LogP contribution in [-0.4, -0.2) is 58.4 Å². The van der Waals surface area contributed by atoms with E-state index in [2.05, 4.69) is 91.6 Å². The molecule has 0 aliphatic rings. The first kappa shape index (κ1) is 83.6. The van der Waals surface area contributed by atoms with Gasteiger partial charge in [-0.1, -0.05) is 388 Å². The fourth-order valence-electron chi connectivity index (χ4n) is 14.2. The van der Waals surface area contributed by atoms with Gasteiger partial charge >= 0.3 is 0 Å². The minimum Gasteiger partial charge on any atom is -0.330 e. The van der Waals surface area contributed by atoms with Gasteiger partial charge in [0, 0.05) is 45.9 Å². The SMILES string of the molecule is CCCCCCCCCCCCCCCCN(CCCCCCCCCCCCCCCC)C(CCCCCCCCCCCCCCCC)(CCCCCCCCCCCCCCCC)C(C)(C)C(C)(C)N(I)CCCCNCCCN. The molecule has 0 aromatic carbocycles. The summed E-state index contributed by atoms with van der Waals surface area (Å²) in [5.41, 5.74) is 6.19. The molecule has 0 radical (unpaired) electrons. The van der Waals surface area contributed by atoms with Crippen LogP contribution in [0.4, 0.5) is 0 Å². The summed E-state index contributed by atoms with van der Waals surface area (Å²) in [7, 11) is 0. The van der Waals surface area contributed by atoms with Crippen molar-refractivity contribution in [2.75, 3.05) is 39.3 Å². The van der Waals surface area contributed by atoms with Gasteiger partial charge in [0.2, 0.25) is 0 Å². The molecule has 0 aliphatic carbocycles. The van der Waals surface area contributed by atoms with E-state index in [0.717, 1.165) is 26.1 Å². The normalized spacial score (nSPS) is 12.6. The molecule has 0 aliphatic heterocycles. The zero-order valence-corrected chi connectivity index (χ0v) is 61.4. The minimum absolute atomic E-state index is 0.0514. The van der Waals surface area contributed by atoms with Crippen LogP contribution in [0.15, 0.2) is 0 Å². The van der Waals surface area contributed by atoms with E-state index in [4.69, 9.17) is 5.73 Å². The van der Waals surface area contributed by atoms with Crippen molar-refractivity contribution < 1.29 is 0 Å². The third kappa shape index (κ3) is 48.1. The first-order valence-electron chi connectivity index (χ1n) is 39.2. The molecule has 5 heteroatoms. The molecule has 0 amide bonds. The highest BCUT2D eigenvalue weighted by atomic mass is 127. The van der Waals surface area contributed by atoms with Gasteiger partial charge in [-0.2, -0.15) is 0 Å². The van der Waals surface area contributed by atoms with Crippen molar-refractivity contribution in [2.45, 2.75) is 458 Å². The lowest BCUT2D eigenvalue weighted by Gasteiger charge is -2.62. The molecule has 0 fully saturated rings. The van der Waals surface area contributed by atoms with Crippen molar-refractivity contribution >= 4 is 22.9 Å². The smallest absolute Gasteiger partial charge is 0.0317 e. The molecular formula is C78H161IN4. The number of unbranched alkanes of at least 4 members (excludes halogenated alkanes) is 53. The molecule has 0 heterocycles. The Morgan fingerprint density at radius 3 is 0.747 bits per heavy atom. The highest BCUT2D eigenvalue weighted by molar-refractivity contribution is 14.1. The van der Waals surface area contributed by atoms with Crippen molar-refractivity contribution in [3.63, 3.8) is 0 Å². The second-order valence-electron chi connectivity index (χ2n) is 28.8. The second-order valence-corrected chi connectivity index (χ2v) is 29.9. The maximum atomic E-state index is 5.84. The lowest BCUT2D eigenvalue weighted by molar-refractivity contribution is -0.0944. The van der Waals surface area contributed by atoms with Crippen molar-refractivity contribution in [1.29, 1.82) is 0 Å². The topological polar surface area (TPSA) is 44.5 Å². The molecule has 0 atom stereocenters. The zero-order valence-electron chi connectivity index (χ0n) is 59.2. The number of rotatable bonds is 72. The molecule has 0 aromatic heterocycles. The average Bonchev–Trinajstić information content (AvgIpc) is 2.95. The van der Waals surface area contributed by atoms with Crippen LogP contribution in [0, 0.1) is 5.41 Å². The van der Waals surface area contributed by atoms with Gasteiger partial charge in [-0.05, 0) is 91.5 Å². The number of hydrogen-bond acceptors (Lipinski definition) is 4. The van der Waals surface area contributed by atoms with E-state index in [1.165, 1.54) is 405 Å². The van der Waals surface area contributed by atoms with E-state index in [1.807, 2.05) is 0 Å². The first-order valence-corrected chi connectivity index (χ1v) is 40.2. The third-order valence-corrected chi connectivity index (χ3v) is 22.6. The number of halogens is 1. The van der Waals surface area contributed by atoms with Crippen LogP contribution in [0.25, 0.3) is 0 Å². The van der Waals surface area contributed by atoms with Crippen molar-refractivity contribution in [3.8, 4) is 0 Å². The van der Waals surface area contributed by atoms with E-state index in [9.17, 15) is 0 Å². The molecule has 0 saturated heterocycles. The monoisotopic (exact) mass is 1280 g/mol. The number of nitrogens with one attached hydrogen (secondary N) is 1. The summed E-state index contributed by atoms with van der Waals surface area (Å²) in [6, 6.07) is 0. The lowest BCUT2D eigenvalue weighted by atomic mass is 9.57. The maximum Gasteiger partial charge on any atom is 0.0317 e. The highest BCUT2D eigenvalue weighted by Gasteiger charge is 2.56. The Hall–Kier alpha value is 0.570. The molecule has 4 nitrogen and oxygen atoms in total. The summed E-state index contributed by atoms with van der Waals surface area (Å²) in [5.74, 6) is 0. The van der Waals surface area contributed by atoms with Crippen LogP contribution >= 0.6 is 22.9 Å². The molecule has 83 heavy (non-hydrogen) atoms. The number of hydrogen-bond donors (Lipinski definition) is 2. The van der Waals surface area contributed by atoms with E-state index in [-0.39, 0.29) is 16.5 Å². The van der Waals surface area contributed by atoms with E-state index in [0.29, 0.717) is 0 Å². The second kappa shape index (κ2) is 64.1. The predicted molar refractivity (Wildman–Crippen MR) is 389 cm³/mol. The van der Waals surface area contributed by atoms with E-state index < -0.39 is 0 Å². The Morgan fingerprint density at radius 1 is 0.277 bits per heavy atom. The Morgan fingerprint density at radius 2 is 0.494 bits per heavy atom. The van der Waals surface area contributed by atoms with Gasteiger partial charge in [0.1, 0.15) is 0 Å². The fraction of sp³-hybridized carbons (Fsp3) is 1.00. The van der Waals surface area contributed by atoms with Gasteiger partial charge in [-0.25, -0.2) is 3.11 Å². The Balaban J connectivity index is 6.48. The highest BCUT2D eigenvalue weighted by Crippen LogP contribution is 2.53. The fourth-order valence-corrected chi connectivity index (χ4v) is 15.2. The quantitative estimate of drug-likeness (QED) is 0.0362. The Kier molecular flexibility index (Phi) is 64.6. The molecule has 0 spiro atoms. The summed E-state index contributed by atoms with van der Waals surface area (Å²) in [6.07, 6.45) is 87.1. The number of nitrogens with zero attached hydrogens (tertiary/aromatic N) is 2. The van der Waals surface area contributed by atoms with Crippen LogP contribution in [0.3, 0.4) is 0 Å². The molecule has 500 valence electrons. The van der Waals surface area contributed by atoms with Crippen LogP contribution in [0.1, 0.15) is 447 Å². The van der Waals surface area contributed by atoms with Crippen molar-refractivity contribution in [1.82, 2.24) is 13.3 Å². The van der Waals surface area contributed by atoms with Gasteiger partial charge < -0.3 is 11.1 Å². The van der Waals surface area contributed by atoms with E-state index in [1.54, 1.807) is 0 Å². The van der Waals surface area contributed by atoms with E-state index >= 15 is 0 Å². The lowest BCUT2D eigenvalue weighted by Crippen LogP contribution is -2.68. The van der Waals surface area contributed by atoms with Crippen LogP contribution < -0.4 is 11.1 Å². The van der Waals surface area contributed by atoms with Crippen LogP contribution in [-0.2, 0) is 0 Å². The van der Waals surface area contributed by atoms with Crippen LogP contribution in [0.5, 0.6) is 0 Å². The Labute approximate surface area is 541 Å². The minimum atomic E-state index is 0.0514. The summed E-state index contributed by atoms with van der Waals surface area (Å²) < 4.78 is 2.81. The predicted octanol–water partition coefficient (Wildman–Crippen LogP) is 26.9. The average molecular weight is 1280 g/mol. The zero-order chi connectivity index (χ0) is 60.7. The third-order valence-electron chi connectivity index (χ3n) is 20.9. The summed E-state index contributed by atoms with van der Waals surface area (Å²) in [5, 5.41) is 3.69. The van der Waals surface area contributed by atoms with Gasteiger partial charge in [0.25, 0.3) is 0 Å². The van der Waals surface area contributed by atoms with Gasteiger partial charge in [-0.15, -0.1) is 0 Å². The molecule has 0 aromatic rings. The van der Waals surface area contributed by atoms with Gasteiger partial charge in [-0.3, -0.25) is 4.90 Å². The summed E-state index contributed by atoms with van der Waals surface area (Å²) in [6.45, 7) is 27.0.